The van der Waals surface area contributed by atoms with Crippen molar-refractivity contribution in [3.8, 4) is 0 Å². The smallest absolute Gasteiger partial charge is 0.277 e. The van der Waals surface area contributed by atoms with Gasteiger partial charge < -0.3 is 20.0 Å². The van der Waals surface area contributed by atoms with Gasteiger partial charge in [0.15, 0.2) is 13.1 Å². The number of primary amides is 1. The average molecular weight is 383 g/mol. The molecule has 2 aliphatic rings. The van der Waals surface area contributed by atoms with E-state index in [-0.39, 0.29) is 35.3 Å². The molecule has 3 amide bonds. The van der Waals surface area contributed by atoms with Gasteiger partial charge >= 0.3 is 0 Å². The Balaban J connectivity index is 1.78. The predicted molar refractivity (Wildman–Crippen MR) is 104 cm³/mol. The number of likely N-dealkylation sites (N-methyl/N-ethyl adjacent to an activating group) is 1. The van der Waals surface area contributed by atoms with E-state index in [0.29, 0.717) is 19.1 Å². The van der Waals surface area contributed by atoms with Crippen LogP contribution >= 0.6 is 0 Å². The standard InChI is InChI=1S/C19H35N5O3/c1-15(2)21-9-11-23(12-10-21)19(27)16-5-7-22(8-6-16)18(26)14-24(3,4)13-17(20)25/h15-16H,5-14H2,1-4H3,(H-,20,25)/p+1. The first-order chi connectivity index (χ1) is 12.6. The number of hydrogen-bond acceptors (Lipinski definition) is 4. The first-order valence-electron chi connectivity index (χ1n) is 10.00. The van der Waals surface area contributed by atoms with Gasteiger partial charge in [0.05, 0.1) is 14.1 Å². The highest BCUT2D eigenvalue weighted by Crippen LogP contribution is 2.21. The molecule has 2 heterocycles. The summed E-state index contributed by atoms with van der Waals surface area (Å²) in [4.78, 5) is 42.7. The van der Waals surface area contributed by atoms with Crippen molar-refractivity contribution in [1.82, 2.24) is 14.7 Å². The first-order valence-corrected chi connectivity index (χ1v) is 10.00. The topological polar surface area (TPSA) is 86.9 Å². The molecule has 0 bridgehead atoms. The molecule has 0 aliphatic carbocycles. The summed E-state index contributed by atoms with van der Waals surface area (Å²) in [7, 11) is 3.66. The Labute approximate surface area is 162 Å². The molecule has 0 aromatic carbocycles. The maximum absolute atomic E-state index is 12.8. The van der Waals surface area contributed by atoms with Gasteiger partial charge in [-0.15, -0.1) is 0 Å². The Morgan fingerprint density at radius 1 is 0.926 bits per heavy atom. The second-order valence-corrected chi connectivity index (χ2v) is 8.83. The third-order valence-corrected chi connectivity index (χ3v) is 5.70. The molecule has 2 aliphatic heterocycles. The average Bonchev–Trinajstić information content (AvgIpc) is 2.59. The lowest BCUT2D eigenvalue weighted by Gasteiger charge is -2.40. The maximum atomic E-state index is 12.8. The summed E-state index contributed by atoms with van der Waals surface area (Å²) in [5, 5.41) is 0. The molecule has 0 atom stereocenters. The van der Waals surface area contributed by atoms with E-state index in [9.17, 15) is 14.4 Å². The van der Waals surface area contributed by atoms with Crippen LogP contribution in [0.15, 0.2) is 0 Å². The highest BCUT2D eigenvalue weighted by atomic mass is 16.2. The molecule has 0 spiro atoms. The number of carbonyl (C=O) groups excluding carboxylic acids is 3. The Kier molecular flexibility index (Phi) is 7.22. The van der Waals surface area contributed by atoms with Crippen LogP contribution in [0.5, 0.6) is 0 Å². The van der Waals surface area contributed by atoms with E-state index in [1.165, 1.54) is 0 Å². The molecule has 0 unspecified atom stereocenters. The molecule has 0 aromatic rings. The van der Waals surface area contributed by atoms with Crippen LogP contribution < -0.4 is 5.73 Å². The van der Waals surface area contributed by atoms with E-state index in [4.69, 9.17) is 5.73 Å². The summed E-state index contributed by atoms with van der Waals surface area (Å²) >= 11 is 0. The fourth-order valence-electron chi connectivity index (χ4n) is 4.04. The van der Waals surface area contributed by atoms with Crippen LogP contribution in [0.2, 0.25) is 0 Å². The zero-order chi connectivity index (χ0) is 20.2. The molecule has 8 nitrogen and oxygen atoms in total. The Hall–Kier alpha value is -1.67. The van der Waals surface area contributed by atoms with Crippen molar-refractivity contribution < 1.29 is 18.9 Å². The minimum absolute atomic E-state index is 0.0211. The number of piperidine rings is 1. The Bertz CT molecular complexity index is 548. The van der Waals surface area contributed by atoms with Gasteiger partial charge in [-0.2, -0.15) is 0 Å². The van der Waals surface area contributed by atoms with Crippen LogP contribution in [0.3, 0.4) is 0 Å². The molecule has 27 heavy (non-hydrogen) atoms. The lowest BCUT2D eigenvalue weighted by atomic mass is 9.94. The zero-order valence-electron chi connectivity index (χ0n) is 17.3. The molecule has 2 rings (SSSR count). The zero-order valence-corrected chi connectivity index (χ0v) is 17.3. The van der Waals surface area contributed by atoms with Crippen molar-refractivity contribution in [3.05, 3.63) is 0 Å². The molecule has 154 valence electrons. The van der Waals surface area contributed by atoms with E-state index in [0.717, 1.165) is 39.0 Å². The van der Waals surface area contributed by atoms with Gasteiger partial charge in [-0.3, -0.25) is 19.3 Å². The Morgan fingerprint density at radius 3 is 1.96 bits per heavy atom. The fraction of sp³-hybridized carbons (Fsp3) is 0.842. The summed E-state index contributed by atoms with van der Waals surface area (Å²) in [6.07, 6.45) is 1.44. The summed E-state index contributed by atoms with van der Waals surface area (Å²) in [5.74, 6) is -0.115. The van der Waals surface area contributed by atoms with E-state index in [1.54, 1.807) is 0 Å². The lowest BCUT2D eigenvalue weighted by molar-refractivity contribution is -0.874. The van der Waals surface area contributed by atoms with Gasteiger partial charge in [0.1, 0.15) is 0 Å². The summed E-state index contributed by atoms with van der Waals surface area (Å²) < 4.78 is 0.257. The molecule has 0 saturated carbocycles. The van der Waals surface area contributed by atoms with Crippen LogP contribution in [0.1, 0.15) is 26.7 Å². The number of nitrogens with two attached hydrogens (primary N) is 1. The van der Waals surface area contributed by atoms with Crippen LogP contribution in [-0.2, 0) is 14.4 Å². The van der Waals surface area contributed by atoms with Gasteiger partial charge in [-0.25, -0.2) is 0 Å². The number of nitrogens with zero attached hydrogens (tertiary/aromatic N) is 4. The van der Waals surface area contributed by atoms with Crippen molar-refractivity contribution >= 4 is 17.7 Å². The van der Waals surface area contributed by atoms with Crippen molar-refractivity contribution in [2.24, 2.45) is 11.7 Å². The minimum atomic E-state index is -0.408. The largest absolute Gasteiger partial charge is 0.365 e. The van der Waals surface area contributed by atoms with Crippen LogP contribution in [-0.4, -0.2) is 109 Å². The molecule has 2 fully saturated rings. The van der Waals surface area contributed by atoms with Crippen molar-refractivity contribution in [1.29, 1.82) is 0 Å². The molecule has 0 radical (unpaired) electrons. The van der Waals surface area contributed by atoms with Crippen molar-refractivity contribution in [2.45, 2.75) is 32.7 Å². The molecular formula is C19H36N5O3+. The van der Waals surface area contributed by atoms with Crippen LogP contribution in [0.25, 0.3) is 0 Å². The fourth-order valence-corrected chi connectivity index (χ4v) is 4.04. The molecular weight excluding hydrogens is 346 g/mol. The van der Waals surface area contributed by atoms with Crippen molar-refractivity contribution in [2.75, 3.05) is 66.5 Å². The molecule has 2 N–H and O–H groups in total. The SMILES string of the molecule is CC(C)N1CCN(C(=O)C2CCN(C(=O)C[N+](C)(C)CC(N)=O)CC2)CC1. The van der Waals surface area contributed by atoms with E-state index in [1.807, 2.05) is 23.9 Å². The third kappa shape index (κ3) is 6.17. The number of piperazine rings is 1. The van der Waals surface area contributed by atoms with E-state index >= 15 is 0 Å². The second kappa shape index (κ2) is 9.01. The summed E-state index contributed by atoms with van der Waals surface area (Å²) in [6, 6.07) is 0.522. The van der Waals surface area contributed by atoms with Gasteiger partial charge in [-0.1, -0.05) is 0 Å². The van der Waals surface area contributed by atoms with Gasteiger partial charge in [0.2, 0.25) is 5.91 Å². The molecule has 2 saturated heterocycles. The van der Waals surface area contributed by atoms with Crippen LogP contribution in [0, 0.1) is 5.92 Å². The lowest BCUT2D eigenvalue weighted by Crippen LogP contribution is -2.55. The second-order valence-electron chi connectivity index (χ2n) is 8.83. The monoisotopic (exact) mass is 382 g/mol. The summed E-state index contributed by atoms with van der Waals surface area (Å²) in [6.45, 7) is 9.46. The maximum Gasteiger partial charge on any atom is 0.277 e. The number of amides is 3. The highest BCUT2D eigenvalue weighted by Gasteiger charge is 2.33. The normalized spacial score (nSPS) is 20.2. The molecule has 8 heteroatoms. The van der Waals surface area contributed by atoms with E-state index in [2.05, 4.69) is 18.7 Å². The van der Waals surface area contributed by atoms with Gasteiger partial charge in [0, 0.05) is 51.2 Å². The van der Waals surface area contributed by atoms with Gasteiger partial charge in [-0.05, 0) is 26.7 Å². The number of quaternary nitrogens is 1. The first kappa shape index (κ1) is 21.6. The van der Waals surface area contributed by atoms with Gasteiger partial charge in [0.25, 0.3) is 11.8 Å². The predicted octanol–water partition coefficient (Wildman–Crippen LogP) is -0.661. The number of carbonyl (C=O) groups is 3. The van der Waals surface area contributed by atoms with E-state index < -0.39 is 5.91 Å². The molecule has 0 aromatic heterocycles. The number of rotatable bonds is 6. The number of likely N-dealkylation sites (tertiary alicyclic amines) is 1. The number of hydrogen-bond donors (Lipinski definition) is 1. The highest BCUT2D eigenvalue weighted by molar-refractivity contribution is 5.81. The summed E-state index contributed by atoms with van der Waals surface area (Å²) in [5.41, 5.74) is 5.26. The van der Waals surface area contributed by atoms with Crippen molar-refractivity contribution in [3.63, 3.8) is 0 Å². The minimum Gasteiger partial charge on any atom is -0.365 e. The van der Waals surface area contributed by atoms with Crippen LogP contribution in [0.4, 0.5) is 0 Å². The Morgan fingerprint density at radius 2 is 1.48 bits per heavy atom. The third-order valence-electron chi connectivity index (χ3n) is 5.70. The quantitative estimate of drug-likeness (QED) is 0.618.